The lowest BCUT2D eigenvalue weighted by Gasteiger charge is -2.32. The molecule has 3 rings (SSSR count). The van der Waals surface area contributed by atoms with Gasteiger partial charge in [-0.25, -0.2) is 9.18 Å². The van der Waals surface area contributed by atoms with Crippen LogP contribution in [0.2, 0.25) is 0 Å². The Hall–Kier alpha value is -2.41. The van der Waals surface area contributed by atoms with Crippen molar-refractivity contribution in [1.82, 2.24) is 20.0 Å². The quantitative estimate of drug-likeness (QED) is 0.820. The van der Waals surface area contributed by atoms with Crippen molar-refractivity contribution >= 4 is 11.7 Å². The van der Waals surface area contributed by atoms with E-state index < -0.39 is 0 Å². The molecule has 0 aliphatic carbocycles. The highest BCUT2D eigenvalue weighted by Gasteiger charge is 2.22. The van der Waals surface area contributed by atoms with E-state index >= 15 is 0 Å². The monoisotopic (exact) mass is 387 g/mol. The number of urea groups is 1. The van der Waals surface area contributed by atoms with Gasteiger partial charge >= 0.3 is 6.03 Å². The number of halogens is 1. The van der Waals surface area contributed by atoms with Gasteiger partial charge in [0.1, 0.15) is 5.82 Å². The van der Waals surface area contributed by atoms with E-state index in [2.05, 4.69) is 47.6 Å². The molecule has 1 unspecified atom stereocenters. The van der Waals surface area contributed by atoms with Crippen molar-refractivity contribution in [2.45, 2.75) is 45.7 Å². The van der Waals surface area contributed by atoms with Gasteiger partial charge in [-0.05, 0) is 64.3 Å². The second-order valence-corrected chi connectivity index (χ2v) is 8.55. The van der Waals surface area contributed by atoms with Crippen molar-refractivity contribution in [2.75, 3.05) is 25.0 Å². The number of nitrogens with zero attached hydrogens (tertiary/aromatic N) is 3. The van der Waals surface area contributed by atoms with Gasteiger partial charge in [0.15, 0.2) is 0 Å². The van der Waals surface area contributed by atoms with E-state index in [4.69, 9.17) is 0 Å². The predicted octanol–water partition coefficient (Wildman–Crippen LogP) is 3.81. The third-order valence-corrected chi connectivity index (χ3v) is 4.97. The van der Waals surface area contributed by atoms with Crippen molar-refractivity contribution < 1.29 is 9.18 Å². The number of hydrogen-bond acceptors (Lipinski definition) is 3. The zero-order chi connectivity index (χ0) is 20.1. The molecule has 2 aromatic rings. The summed E-state index contributed by atoms with van der Waals surface area (Å²) in [4.78, 5) is 14.5. The van der Waals surface area contributed by atoms with Crippen molar-refractivity contribution in [3.05, 3.63) is 48.0 Å². The van der Waals surface area contributed by atoms with Gasteiger partial charge in [-0.15, -0.1) is 0 Å². The molecule has 152 valence electrons. The molecule has 0 radical (unpaired) electrons. The fraction of sp³-hybridized carbons (Fsp3) is 0.524. The summed E-state index contributed by atoms with van der Waals surface area (Å²) in [5.74, 6) is 0.0418. The number of carbonyl (C=O) groups excluding carboxylic acids is 1. The average Bonchev–Trinajstić information content (AvgIpc) is 3.09. The normalized spacial score (nSPS) is 18.1. The van der Waals surface area contributed by atoms with E-state index in [1.165, 1.54) is 17.7 Å². The molecule has 28 heavy (non-hydrogen) atoms. The van der Waals surface area contributed by atoms with Crippen LogP contribution in [0.5, 0.6) is 0 Å². The summed E-state index contributed by atoms with van der Waals surface area (Å²) in [5, 5.41) is 10.1. The standard InChI is InChI=1S/C21H30FN5O/c1-21(2,3)27-15-17(12-24-27)14-26-9-5-6-16(13-26)11-23-20(28)25-19-8-4-7-18(22)10-19/h4,7-8,10,12,15-16H,5-6,9,11,13-14H2,1-3H3,(H2,23,25,28). The second-order valence-electron chi connectivity index (χ2n) is 8.55. The highest BCUT2D eigenvalue weighted by atomic mass is 19.1. The summed E-state index contributed by atoms with van der Waals surface area (Å²) >= 11 is 0. The number of anilines is 1. The minimum absolute atomic E-state index is 0.0123. The first-order chi connectivity index (χ1) is 13.3. The molecule has 1 aliphatic rings. The lowest BCUT2D eigenvalue weighted by Crippen LogP contribution is -2.41. The van der Waals surface area contributed by atoms with Crippen LogP contribution in [0.3, 0.4) is 0 Å². The lowest BCUT2D eigenvalue weighted by atomic mass is 9.98. The third kappa shape index (κ3) is 5.79. The fourth-order valence-electron chi connectivity index (χ4n) is 3.51. The van der Waals surface area contributed by atoms with Crippen LogP contribution < -0.4 is 10.6 Å². The Morgan fingerprint density at radius 1 is 1.36 bits per heavy atom. The molecule has 6 nitrogen and oxygen atoms in total. The number of benzene rings is 1. The van der Waals surface area contributed by atoms with Crippen molar-refractivity contribution in [3.63, 3.8) is 0 Å². The van der Waals surface area contributed by atoms with Crippen LogP contribution in [0.1, 0.15) is 39.2 Å². The molecule has 1 aliphatic heterocycles. The molecule has 1 saturated heterocycles. The number of carbonyl (C=O) groups is 1. The van der Waals surface area contributed by atoms with Crippen LogP contribution in [-0.4, -0.2) is 40.3 Å². The molecule has 1 aromatic heterocycles. The van der Waals surface area contributed by atoms with Gasteiger partial charge in [-0.3, -0.25) is 9.58 Å². The van der Waals surface area contributed by atoms with Crippen LogP contribution in [-0.2, 0) is 12.1 Å². The zero-order valence-electron chi connectivity index (χ0n) is 16.9. The van der Waals surface area contributed by atoms with Gasteiger partial charge in [-0.2, -0.15) is 5.10 Å². The maximum atomic E-state index is 13.2. The second kappa shape index (κ2) is 8.73. The number of amides is 2. The molecular formula is C21H30FN5O. The maximum Gasteiger partial charge on any atom is 0.319 e. The summed E-state index contributed by atoms with van der Waals surface area (Å²) in [7, 11) is 0. The van der Waals surface area contributed by atoms with Crippen LogP contribution >= 0.6 is 0 Å². The average molecular weight is 388 g/mol. The summed E-state index contributed by atoms with van der Waals surface area (Å²) in [6, 6.07) is 5.60. The van der Waals surface area contributed by atoms with E-state index in [-0.39, 0.29) is 17.4 Å². The lowest BCUT2D eigenvalue weighted by molar-refractivity contribution is 0.166. The van der Waals surface area contributed by atoms with Gasteiger partial charge in [0.05, 0.1) is 11.7 Å². The highest BCUT2D eigenvalue weighted by molar-refractivity contribution is 5.89. The van der Waals surface area contributed by atoms with E-state index in [0.717, 1.165) is 32.5 Å². The molecule has 0 bridgehead atoms. The summed E-state index contributed by atoms with van der Waals surface area (Å²) in [5.41, 5.74) is 1.66. The number of nitrogens with one attached hydrogen (secondary N) is 2. The van der Waals surface area contributed by atoms with Crippen LogP contribution in [0.4, 0.5) is 14.9 Å². The molecule has 0 saturated carbocycles. The third-order valence-electron chi connectivity index (χ3n) is 4.97. The Morgan fingerprint density at radius 2 is 2.18 bits per heavy atom. The molecule has 7 heteroatoms. The Morgan fingerprint density at radius 3 is 2.89 bits per heavy atom. The van der Waals surface area contributed by atoms with Gasteiger partial charge in [0.2, 0.25) is 0 Å². The molecule has 1 atom stereocenters. The molecular weight excluding hydrogens is 357 g/mol. The largest absolute Gasteiger partial charge is 0.338 e. The van der Waals surface area contributed by atoms with Crippen molar-refractivity contribution in [3.8, 4) is 0 Å². The van der Waals surface area contributed by atoms with Gasteiger partial charge in [0.25, 0.3) is 0 Å². The molecule has 1 aromatic carbocycles. The van der Waals surface area contributed by atoms with Crippen LogP contribution in [0.15, 0.2) is 36.7 Å². The SMILES string of the molecule is CC(C)(C)n1cc(CN2CCCC(CNC(=O)Nc3cccc(F)c3)C2)cn1. The first kappa shape index (κ1) is 20.3. The molecule has 0 spiro atoms. The predicted molar refractivity (Wildman–Crippen MR) is 109 cm³/mol. The Kier molecular flexibility index (Phi) is 6.34. The number of piperidine rings is 1. The minimum Gasteiger partial charge on any atom is -0.338 e. The molecule has 2 amide bonds. The summed E-state index contributed by atoms with van der Waals surface area (Å²) < 4.78 is 15.2. The first-order valence-corrected chi connectivity index (χ1v) is 9.86. The first-order valence-electron chi connectivity index (χ1n) is 9.86. The van der Waals surface area contributed by atoms with Gasteiger partial charge in [-0.1, -0.05) is 6.07 Å². The van der Waals surface area contributed by atoms with Gasteiger partial charge < -0.3 is 10.6 Å². The molecule has 2 N–H and O–H groups in total. The number of aromatic nitrogens is 2. The van der Waals surface area contributed by atoms with Crippen LogP contribution in [0, 0.1) is 11.7 Å². The van der Waals surface area contributed by atoms with E-state index in [1.807, 2.05) is 10.9 Å². The zero-order valence-corrected chi connectivity index (χ0v) is 16.9. The topological polar surface area (TPSA) is 62.2 Å². The van der Waals surface area contributed by atoms with E-state index in [1.54, 1.807) is 12.1 Å². The van der Waals surface area contributed by atoms with Crippen LogP contribution in [0.25, 0.3) is 0 Å². The Balaban J connectivity index is 1.45. The Bertz CT molecular complexity index is 798. The fourth-order valence-corrected chi connectivity index (χ4v) is 3.51. The van der Waals surface area contributed by atoms with Crippen molar-refractivity contribution in [2.24, 2.45) is 5.92 Å². The number of rotatable bonds is 5. The van der Waals surface area contributed by atoms with E-state index in [9.17, 15) is 9.18 Å². The highest BCUT2D eigenvalue weighted by Crippen LogP contribution is 2.19. The number of hydrogen-bond donors (Lipinski definition) is 2. The smallest absolute Gasteiger partial charge is 0.319 e. The summed E-state index contributed by atoms with van der Waals surface area (Å²) in [6.45, 7) is 9.92. The van der Waals surface area contributed by atoms with Gasteiger partial charge in [0, 0.05) is 37.1 Å². The molecule has 1 fully saturated rings. The van der Waals surface area contributed by atoms with Crippen molar-refractivity contribution in [1.29, 1.82) is 0 Å². The summed E-state index contributed by atoms with van der Waals surface area (Å²) in [6.07, 6.45) is 6.27. The molecule has 2 heterocycles. The Labute approximate surface area is 166 Å². The number of likely N-dealkylation sites (tertiary alicyclic amines) is 1. The maximum absolute atomic E-state index is 13.2. The van der Waals surface area contributed by atoms with E-state index in [0.29, 0.717) is 18.2 Å². The minimum atomic E-state index is -0.365.